The molecule has 0 N–H and O–H groups in total. The van der Waals surface area contributed by atoms with E-state index in [4.69, 9.17) is 4.42 Å². The minimum Gasteiger partial charge on any atom is -0.468 e. The van der Waals surface area contributed by atoms with Crippen LogP contribution in [0, 0.1) is 0 Å². The monoisotopic (exact) mass is 234 g/mol. The number of carbonyl (C=O) groups is 1. The molecule has 0 radical (unpaired) electrons. The number of thioether (sulfide) groups is 2. The maximum atomic E-state index is 10.8. The van der Waals surface area contributed by atoms with Crippen LogP contribution in [0.5, 0.6) is 0 Å². The normalized spacial score (nSPS) is 10.1. The van der Waals surface area contributed by atoms with Crippen LogP contribution in [0.2, 0.25) is 0 Å². The second kappa shape index (κ2) is 5.92. The average molecular weight is 234 g/mol. The van der Waals surface area contributed by atoms with Crippen molar-refractivity contribution in [1.82, 2.24) is 10.2 Å². The lowest BCUT2D eigenvalue weighted by molar-refractivity contribution is -0.137. The SMILES string of the molecule is COC(=O)CSc1nnc(CSC)o1. The van der Waals surface area contributed by atoms with Gasteiger partial charge in [0.15, 0.2) is 0 Å². The van der Waals surface area contributed by atoms with Gasteiger partial charge >= 0.3 is 5.97 Å². The van der Waals surface area contributed by atoms with Crippen molar-refractivity contribution in [3.8, 4) is 0 Å². The van der Waals surface area contributed by atoms with Crippen molar-refractivity contribution in [3.05, 3.63) is 5.89 Å². The molecule has 78 valence electrons. The molecule has 0 saturated heterocycles. The number of hydrogen-bond acceptors (Lipinski definition) is 7. The Morgan fingerprint density at radius 1 is 1.57 bits per heavy atom. The zero-order valence-electron chi connectivity index (χ0n) is 7.85. The quantitative estimate of drug-likeness (QED) is 0.560. The van der Waals surface area contributed by atoms with Crippen LogP contribution < -0.4 is 0 Å². The smallest absolute Gasteiger partial charge is 0.316 e. The molecule has 0 spiro atoms. The fraction of sp³-hybridized carbons (Fsp3) is 0.571. The van der Waals surface area contributed by atoms with Gasteiger partial charge < -0.3 is 9.15 Å². The van der Waals surface area contributed by atoms with Crippen molar-refractivity contribution in [3.63, 3.8) is 0 Å². The summed E-state index contributed by atoms with van der Waals surface area (Å²) in [5, 5.41) is 7.97. The van der Waals surface area contributed by atoms with Gasteiger partial charge in [-0.15, -0.1) is 10.2 Å². The lowest BCUT2D eigenvalue weighted by Gasteiger charge is -1.93. The Balaban J connectivity index is 2.39. The summed E-state index contributed by atoms with van der Waals surface area (Å²) in [6, 6.07) is 0. The van der Waals surface area contributed by atoms with E-state index in [0.717, 1.165) is 0 Å². The van der Waals surface area contributed by atoms with Crippen molar-refractivity contribution in [2.75, 3.05) is 19.1 Å². The highest BCUT2D eigenvalue weighted by atomic mass is 32.2. The summed E-state index contributed by atoms with van der Waals surface area (Å²) >= 11 is 2.78. The minimum atomic E-state index is -0.306. The predicted molar refractivity (Wildman–Crippen MR) is 54.3 cm³/mol. The maximum absolute atomic E-state index is 10.8. The summed E-state index contributed by atoms with van der Waals surface area (Å²) in [6.45, 7) is 0. The molecule has 1 heterocycles. The Hall–Kier alpha value is -0.690. The molecule has 0 aliphatic carbocycles. The summed E-state index contributed by atoms with van der Waals surface area (Å²) in [5.74, 6) is 1.15. The first kappa shape index (κ1) is 11.4. The van der Waals surface area contributed by atoms with Crippen LogP contribution in [0.1, 0.15) is 5.89 Å². The molecule has 0 fully saturated rings. The first-order valence-electron chi connectivity index (χ1n) is 3.77. The molecular weight excluding hydrogens is 224 g/mol. The van der Waals surface area contributed by atoms with Gasteiger partial charge in [0.25, 0.3) is 5.22 Å². The molecule has 14 heavy (non-hydrogen) atoms. The fourth-order valence-corrected chi connectivity index (χ4v) is 1.63. The molecule has 0 atom stereocenters. The summed E-state index contributed by atoms with van der Waals surface area (Å²) in [5.41, 5.74) is 0. The Kier molecular flexibility index (Phi) is 4.81. The molecular formula is C7H10N2O3S2. The number of carbonyl (C=O) groups excluding carboxylic acids is 1. The zero-order valence-corrected chi connectivity index (χ0v) is 9.48. The second-order valence-electron chi connectivity index (χ2n) is 2.26. The first-order valence-corrected chi connectivity index (χ1v) is 6.15. The van der Waals surface area contributed by atoms with Crippen LogP contribution in [0.3, 0.4) is 0 Å². The van der Waals surface area contributed by atoms with Crippen molar-refractivity contribution >= 4 is 29.5 Å². The average Bonchev–Trinajstić information content (AvgIpc) is 2.63. The van der Waals surface area contributed by atoms with Gasteiger partial charge in [0.1, 0.15) is 5.75 Å². The number of ether oxygens (including phenoxy) is 1. The Labute approximate surface area is 90.0 Å². The van der Waals surface area contributed by atoms with Gasteiger partial charge in [-0.2, -0.15) is 11.8 Å². The molecule has 5 nitrogen and oxygen atoms in total. The summed E-state index contributed by atoms with van der Waals surface area (Å²) in [7, 11) is 1.34. The van der Waals surface area contributed by atoms with Crippen LogP contribution in [0.25, 0.3) is 0 Å². The predicted octanol–water partition coefficient (Wildman–Crippen LogP) is 1.20. The second-order valence-corrected chi connectivity index (χ2v) is 4.05. The van der Waals surface area contributed by atoms with Gasteiger partial charge in [0, 0.05) is 0 Å². The minimum absolute atomic E-state index is 0.192. The highest BCUT2D eigenvalue weighted by molar-refractivity contribution is 7.99. The van der Waals surface area contributed by atoms with Gasteiger partial charge in [-0.1, -0.05) is 11.8 Å². The van der Waals surface area contributed by atoms with Crippen molar-refractivity contribution < 1.29 is 13.9 Å². The largest absolute Gasteiger partial charge is 0.468 e. The Morgan fingerprint density at radius 2 is 2.36 bits per heavy atom. The molecule has 7 heteroatoms. The Morgan fingerprint density at radius 3 is 3.00 bits per heavy atom. The van der Waals surface area contributed by atoms with E-state index in [-0.39, 0.29) is 11.7 Å². The van der Waals surface area contributed by atoms with Gasteiger partial charge in [-0.05, 0) is 6.26 Å². The van der Waals surface area contributed by atoms with E-state index < -0.39 is 0 Å². The number of aromatic nitrogens is 2. The van der Waals surface area contributed by atoms with E-state index in [0.29, 0.717) is 16.9 Å². The van der Waals surface area contributed by atoms with E-state index in [2.05, 4.69) is 14.9 Å². The third kappa shape index (κ3) is 3.59. The summed E-state index contributed by atoms with van der Waals surface area (Å²) in [6.07, 6.45) is 1.95. The number of methoxy groups -OCH3 is 1. The summed E-state index contributed by atoms with van der Waals surface area (Å²) in [4.78, 5) is 10.8. The lowest BCUT2D eigenvalue weighted by atomic mass is 10.8. The van der Waals surface area contributed by atoms with E-state index in [1.165, 1.54) is 18.9 Å². The van der Waals surface area contributed by atoms with E-state index in [9.17, 15) is 4.79 Å². The van der Waals surface area contributed by atoms with E-state index >= 15 is 0 Å². The van der Waals surface area contributed by atoms with Crippen LogP contribution in [0.15, 0.2) is 9.64 Å². The molecule has 0 aliphatic heterocycles. The standard InChI is InChI=1S/C7H10N2O3S2/c1-11-6(10)4-14-7-9-8-5(12-7)3-13-2/h3-4H2,1-2H3. The van der Waals surface area contributed by atoms with Crippen molar-refractivity contribution in [1.29, 1.82) is 0 Å². The molecule has 0 aliphatic rings. The highest BCUT2D eigenvalue weighted by Gasteiger charge is 2.08. The number of esters is 1. The lowest BCUT2D eigenvalue weighted by Crippen LogP contribution is -2.02. The molecule has 0 saturated carbocycles. The maximum Gasteiger partial charge on any atom is 0.316 e. The number of rotatable bonds is 5. The van der Waals surface area contributed by atoms with Crippen molar-refractivity contribution in [2.24, 2.45) is 0 Å². The molecule has 0 aromatic carbocycles. The third-order valence-corrected chi connectivity index (χ3v) is 2.58. The van der Waals surface area contributed by atoms with E-state index in [1.807, 2.05) is 6.26 Å². The molecule has 0 amide bonds. The van der Waals surface area contributed by atoms with Crippen LogP contribution >= 0.6 is 23.5 Å². The molecule has 0 bridgehead atoms. The topological polar surface area (TPSA) is 65.2 Å². The zero-order chi connectivity index (χ0) is 10.4. The van der Waals surface area contributed by atoms with Gasteiger partial charge in [-0.25, -0.2) is 0 Å². The molecule has 1 rings (SSSR count). The van der Waals surface area contributed by atoms with Crippen LogP contribution in [-0.4, -0.2) is 35.3 Å². The van der Waals surface area contributed by atoms with Gasteiger partial charge in [0.05, 0.1) is 12.9 Å². The van der Waals surface area contributed by atoms with Gasteiger partial charge in [0.2, 0.25) is 5.89 Å². The van der Waals surface area contributed by atoms with Gasteiger partial charge in [-0.3, -0.25) is 4.79 Å². The van der Waals surface area contributed by atoms with E-state index in [1.54, 1.807) is 11.8 Å². The van der Waals surface area contributed by atoms with Crippen molar-refractivity contribution in [2.45, 2.75) is 11.0 Å². The fourth-order valence-electron chi connectivity index (χ4n) is 0.658. The van der Waals surface area contributed by atoms with Crippen LogP contribution in [-0.2, 0) is 15.3 Å². The third-order valence-electron chi connectivity index (χ3n) is 1.26. The van der Waals surface area contributed by atoms with Crippen LogP contribution in [0.4, 0.5) is 0 Å². The number of hydrogen-bond donors (Lipinski definition) is 0. The summed E-state index contributed by atoms with van der Waals surface area (Å²) < 4.78 is 9.70. The Bertz CT molecular complexity index is 303. The number of nitrogens with zero attached hydrogens (tertiary/aromatic N) is 2. The molecule has 1 aromatic heterocycles. The molecule has 0 unspecified atom stereocenters. The highest BCUT2D eigenvalue weighted by Crippen LogP contribution is 2.17. The molecule has 1 aromatic rings. The first-order chi connectivity index (χ1) is 6.76.